The van der Waals surface area contributed by atoms with Crippen molar-refractivity contribution in [3.63, 3.8) is 0 Å². The van der Waals surface area contributed by atoms with E-state index in [2.05, 4.69) is 4.98 Å². The van der Waals surface area contributed by atoms with Crippen LogP contribution in [0.25, 0.3) is 5.65 Å². The van der Waals surface area contributed by atoms with E-state index >= 15 is 0 Å². The molecule has 0 bridgehead atoms. The van der Waals surface area contributed by atoms with Gasteiger partial charge in [-0.3, -0.25) is 4.40 Å². The Bertz CT molecular complexity index is 796. The van der Waals surface area contributed by atoms with Crippen LogP contribution >= 0.6 is 11.6 Å². The van der Waals surface area contributed by atoms with Crippen LogP contribution in [0.5, 0.6) is 5.75 Å². The Hall–Kier alpha value is -2.53. The molecule has 3 aromatic rings. The molecule has 3 rings (SSSR count). The van der Waals surface area contributed by atoms with Crippen molar-refractivity contribution < 1.29 is 14.6 Å². The highest BCUT2D eigenvalue weighted by Crippen LogP contribution is 2.19. The highest BCUT2D eigenvalue weighted by molar-refractivity contribution is 6.30. The molecule has 0 fully saturated rings. The van der Waals surface area contributed by atoms with E-state index in [-0.39, 0.29) is 12.3 Å². The zero-order valence-corrected chi connectivity index (χ0v) is 11.6. The van der Waals surface area contributed by atoms with Crippen LogP contribution in [0.4, 0.5) is 0 Å². The van der Waals surface area contributed by atoms with Crippen LogP contribution in [-0.4, -0.2) is 20.5 Å². The van der Waals surface area contributed by atoms with Gasteiger partial charge in [-0.05, 0) is 36.4 Å². The number of aromatic carboxylic acids is 1. The number of hydrogen-bond donors (Lipinski definition) is 1. The van der Waals surface area contributed by atoms with Gasteiger partial charge in [0, 0.05) is 11.2 Å². The maximum absolute atomic E-state index is 11.4. The lowest BCUT2D eigenvalue weighted by Crippen LogP contribution is -2.07. The summed E-state index contributed by atoms with van der Waals surface area (Å²) in [5, 5.41) is 9.96. The number of benzene rings is 1. The van der Waals surface area contributed by atoms with Gasteiger partial charge in [0.2, 0.25) is 0 Å². The number of carboxylic acids is 1. The predicted octanol–water partition coefficient (Wildman–Crippen LogP) is 3.26. The third kappa shape index (κ3) is 2.68. The number of ether oxygens (including phenoxy) is 1. The van der Waals surface area contributed by atoms with Gasteiger partial charge in [0.15, 0.2) is 5.69 Å². The van der Waals surface area contributed by atoms with E-state index in [0.717, 1.165) is 0 Å². The molecular formula is C15H11ClN2O3. The average molecular weight is 303 g/mol. The summed E-state index contributed by atoms with van der Waals surface area (Å²) in [4.78, 5) is 15.7. The van der Waals surface area contributed by atoms with Crippen molar-refractivity contribution in [2.45, 2.75) is 6.61 Å². The van der Waals surface area contributed by atoms with E-state index in [0.29, 0.717) is 22.1 Å². The van der Waals surface area contributed by atoms with Crippen LogP contribution in [0.2, 0.25) is 5.02 Å². The summed E-state index contributed by atoms with van der Waals surface area (Å²) in [6.07, 6.45) is 1.66. The predicted molar refractivity (Wildman–Crippen MR) is 77.9 cm³/mol. The summed E-state index contributed by atoms with van der Waals surface area (Å²) < 4.78 is 7.10. The van der Waals surface area contributed by atoms with Crippen molar-refractivity contribution >= 4 is 23.2 Å². The molecule has 0 saturated carbocycles. The molecule has 5 nitrogen and oxygen atoms in total. The number of carboxylic acid groups (broad SMARTS) is 1. The van der Waals surface area contributed by atoms with Gasteiger partial charge in [-0.2, -0.15) is 0 Å². The van der Waals surface area contributed by atoms with E-state index in [1.165, 1.54) is 4.40 Å². The largest absolute Gasteiger partial charge is 0.487 e. The van der Waals surface area contributed by atoms with Crippen LogP contribution in [0.3, 0.4) is 0 Å². The summed E-state index contributed by atoms with van der Waals surface area (Å²) >= 11 is 5.80. The number of imidazole rings is 1. The molecule has 0 radical (unpaired) electrons. The van der Waals surface area contributed by atoms with Gasteiger partial charge in [-0.15, -0.1) is 0 Å². The minimum atomic E-state index is -1.04. The molecule has 0 spiro atoms. The second kappa shape index (κ2) is 5.46. The second-order valence-electron chi connectivity index (χ2n) is 4.38. The zero-order chi connectivity index (χ0) is 14.8. The van der Waals surface area contributed by atoms with Crippen molar-refractivity contribution in [3.8, 4) is 5.75 Å². The lowest BCUT2D eigenvalue weighted by atomic mass is 10.3. The summed E-state index contributed by atoms with van der Waals surface area (Å²) in [6.45, 7) is 0.0744. The summed E-state index contributed by atoms with van der Waals surface area (Å²) in [7, 11) is 0. The van der Waals surface area contributed by atoms with Crippen molar-refractivity contribution in [2.75, 3.05) is 0 Å². The molecule has 0 unspecified atom stereocenters. The number of nitrogens with zero attached hydrogens (tertiary/aromatic N) is 2. The number of fused-ring (bicyclic) bond motifs is 1. The first-order valence-corrected chi connectivity index (χ1v) is 6.60. The Kier molecular flexibility index (Phi) is 3.50. The van der Waals surface area contributed by atoms with Crippen LogP contribution in [0, 0.1) is 0 Å². The molecule has 106 valence electrons. The smallest absolute Gasteiger partial charge is 0.354 e. The third-order valence-electron chi connectivity index (χ3n) is 2.99. The molecule has 0 atom stereocenters. The average Bonchev–Trinajstić information content (AvgIpc) is 2.85. The van der Waals surface area contributed by atoms with Gasteiger partial charge in [-0.25, -0.2) is 9.78 Å². The van der Waals surface area contributed by atoms with Gasteiger partial charge < -0.3 is 9.84 Å². The molecular weight excluding hydrogens is 292 g/mol. The Balaban J connectivity index is 1.91. The summed E-state index contributed by atoms with van der Waals surface area (Å²) in [5.41, 5.74) is 1.06. The SMILES string of the molecule is O=C(O)c1c(COc2ccc(Cl)cc2)nc2ccccn12. The van der Waals surface area contributed by atoms with Crippen molar-refractivity contribution in [1.29, 1.82) is 0 Å². The Morgan fingerprint density at radius 2 is 2.00 bits per heavy atom. The first-order chi connectivity index (χ1) is 10.1. The molecule has 6 heteroatoms. The monoisotopic (exact) mass is 302 g/mol. The first kappa shape index (κ1) is 13.5. The molecule has 0 aliphatic rings. The van der Waals surface area contributed by atoms with E-state index in [1.54, 1.807) is 48.7 Å². The Labute approximate surface area is 125 Å². The number of carbonyl (C=O) groups is 1. The summed E-state index contributed by atoms with van der Waals surface area (Å²) in [6, 6.07) is 12.2. The highest BCUT2D eigenvalue weighted by atomic mass is 35.5. The Morgan fingerprint density at radius 1 is 1.24 bits per heavy atom. The topological polar surface area (TPSA) is 63.8 Å². The van der Waals surface area contributed by atoms with Crippen LogP contribution < -0.4 is 4.74 Å². The molecule has 1 N–H and O–H groups in total. The van der Waals surface area contributed by atoms with Gasteiger partial charge in [0.05, 0.1) is 0 Å². The molecule has 21 heavy (non-hydrogen) atoms. The number of halogens is 1. The minimum Gasteiger partial charge on any atom is -0.487 e. The van der Waals surface area contributed by atoms with E-state index in [1.807, 2.05) is 0 Å². The van der Waals surface area contributed by atoms with Crippen molar-refractivity contribution in [3.05, 3.63) is 65.1 Å². The Morgan fingerprint density at radius 3 is 2.71 bits per heavy atom. The first-order valence-electron chi connectivity index (χ1n) is 6.23. The normalized spacial score (nSPS) is 10.7. The van der Waals surface area contributed by atoms with Gasteiger partial charge in [0.1, 0.15) is 23.7 Å². The van der Waals surface area contributed by atoms with Crippen LogP contribution in [0.15, 0.2) is 48.7 Å². The number of hydrogen-bond acceptors (Lipinski definition) is 3. The molecule has 2 aromatic heterocycles. The molecule has 0 aliphatic heterocycles. The second-order valence-corrected chi connectivity index (χ2v) is 4.82. The highest BCUT2D eigenvalue weighted by Gasteiger charge is 2.18. The fourth-order valence-corrected chi connectivity index (χ4v) is 2.18. The maximum Gasteiger partial charge on any atom is 0.354 e. The number of rotatable bonds is 4. The quantitative estimate of drug-likeness (QED) is 0.803. The van der Waals surface area contributed by atoms with E-state index in [9.17, 15) is 9.90 Å². The van der Waals surface area contributed by atoms with Crippen molar-refractivity contribution in [1.82, 2.24) is 9.38 Å². The lowest BCUT2D eigenvalue weighted by Gasteiger charge is -2.05. The molecule has 0 aliphatic carbocycles. The fraction of sp³-hybridized carbons (Fsp3) is 0.0667. The number of aromatic nitrogens is 2. The standard InChI is InChI=1S/C15H11ClN2O3/c16-10-4-6-11(7-5-10)21-9-12-14(15(19)20)18-8-2-1-3-13(18)17-12/h1-8H,9H2,(H,19,20). The van der Waals surface area contributed by atoms with Gasteiger partial charge >= 0.3 is 5.97 Å². The lowest BCUT2D eigenvalue weighted by molar-refractivity contribution is 0.0686. The molecule has 2 heterocycles. The zero-order valence-electron chi connectivity index (χ0n) is 10.9. The van der Waals surface area contributed by atoms with E-state index < -0.39 is 5.97 Å². The molecule has 0 saturated heterocycles. The van der Waals surface area contributed by atoms with Gasteiger partial charge in [-0.1, -0.05) is 17.7 Å². The molecule has 0 amide bonds. The van der Waals surface area contributed by atoms with Crippen LogP contribution in [0.1, 0.15) is 16.2 Å². The third-order valence-corrected chi connectivity index (χ3v) is 3.25. The van der Waals surface area contributed by atoms with E-state index in [4.69, 9.17) is 16.3 Å². The maximum atomic E-state index is 11.4. The molecule has 1 aromatic carbocycles. The fourth-order valence-electron chi connectivity index (χ4n) is 2.05. The number of pyridine rings is 1. The summed E-state index contributed by atoms with van der Waals surface area (Å²) in [5.74, 6) is -0.434. The van der Waals surface area contributed by atoms with Gasteiger partial charge in [0.25, 0.3) is 0 Å². The van der Waals surface area contributed by atoms with Crippen LogP contribution in [-0.2, 0) is 6.61 Å². The minimum absolute atomic E-state index is 0.0744. The van der Waals surface area contributed by atoms with Crippen molar-refractivity contribution in [2.24, 2.45) is 0 Å².